The Kier molecular flexibility index (Phi) is 3.91. The molecule has 1 saturated heterocycles. The van der Waals surface area contributed by atoms with E-state index in [0.29, 0.717) is 22.3 Å². The zero-order chi connectivity index (χ0) is 15.8. The van der Waals surface area contributed by atoms with Gasteiger partial charge in [0.25, 0.3) is 0 Å². The number of halogens is 2. The predicted octanol–water partition coefficient (Wildman–Crippen LogP) is 3.35. The molecule has 0 spiro atoms. The largest absolute Gasteiger partial charge is 0.366 e. The first-order valence-corrected chi connectivity index (χ1v) is 8.33. The van der Waals surface area contributed by atoms with Crippen molar-refractivity contribution in [1.82, 2.24) is 15.5 Å². The van der Waals surface area contributed by atoms with Crippen LogP contribution in [0.25, 0.3) is 11.3 Å². The summed E-state index contributed by atoms with van der Waals surface area (Å²) in [6.45, 7) is 2.26. The van der Waals surface area contributed by atoms with Crippen molar-refractivity contribution in [2.45, 2.75) is 18.9 Å². The third-order valence-electron chi connectivity index (χ3n) is 4.88. The highest BCUT2D eigenvalue weighted by Crippen LogP contribution is 2.35. The molecule has 4 nitrogen and oxygen atoms in total. The third kappa shape index (κ3) is 3.03. The molecule has 0 radical (unpaired) electrons. The Balaban J connectivity index is 1.47. The van der Waals surface area contributed by atoms with Crippen LogP contribution in [0, 0.1) is 17.7 Å². The topological polar surface area (TPSA) is 49.8 Å². The first kappa shape index (κ1) is 14.8. The summed E-state index contributed by atoms with van der Waals surface area (Å²) >= 11 is 6.11. The lowest BCUT2D eigenvalue weighted by atomic mass is 10.0. The van der Waals surface area contributed by atoms with E-state index >= 15 is 0 Å². The monoisotopic (exact) mass is 332 g/mol. The number of benzene rings is 1. The molecule has 2 aliphatic rings. The fraction of sp³-hybridized carbons (Fsp3) is 0.412. The van der Waals surface area contributed by atoms with Gasteiger partial charge >= 0.3 is 0 Å². The Morgan fingerprint density at radius 3 is 2.57 bits per heavy atom. The molecule has 2 aromatic rings. The zero-order valence-electron chi connectivity index (χ0n) is 12.6. The van der Waals surface area contributed by atoms with E-state index in [4.69, 9.17) is 11.6 Å². The highest BCUT2D eigenvalue weighted by atomic mass is 35.5. The second-order valence-corrected chi connectivity index (χ2v) is 6.83. The van der Waals surface area contributed by atoms with Gasteiger partial charge < -0.3 is 10.6 Å². The number of nitrogens with one attached hydrogen (secondary N) is 2. The van der Waals surface area contributed by atoms with Crippen molar-refractivity contribution in [3.63, 3.8) is 0 Å². The number of hydrogen-bond donors (Lipinski definition) is 2. The third-order valence-corrected chi connectivity index (χ3v) is 5.20. The molecule has 1 aromatic carbocycles. The zero-order valence-corrected chi connectivity index (χ0v) is 13.4. The summed E-state index contributed by atoms with van der Waals surface area (Å²) in [5.74, 6) is 2.00. The molecule has 2 heterocycles. The Bertz CT molecular complexity index is 694. The van der Waals surface area contributed by atoms with E-state index in [-0.39, 0.29) is 5.82 Å². The summed E-state index contributed by atoms with van der Waals surface area (Å²) in [5.41, 5.74) is 1.14. The Hall–Kier alpha value is -1.72. The molecule has 2 fully saturated rings. The minimum Gasteiger partial charge on any atom is -0.366 e. The van der Waals surface area contributed by atoms with Crippen molar-refractivity contribution in [3.8, 4) is 11.3 Å². The number of fused-ring (bicyclic) bond motifs is 1. The van der Waals surface area contributed by atoms with Gasteiger partial charge in [0.15, 0.2) is 0 Å². The maximum atomic E-state index is 13.4. The van der Waals surface area contributed by atoms with Crippen molar-refractivity contribution >= 4 is 17.4 Å². The van der Waals surface area contributed by atoms with Crippen molar-refractivity contribution in [2.75, 3.05) is 18.4 Å². The lowest BCUT2D eigenvalue weighted by Crippen LogP contribution is -2.21. The molecule has 0 bridgehead atoms. The van der Waals surface area contributed by atoms with Crippen LogP contribution in [-0.2, 0) is 0 Å². The molecule has 4 rings (SSSR count). The van der Waals surface area contributed by atoms with Crippen LogP contribution in [0.1, 0.15) is 12.8 Å². The summed E-state index contributed by atoms with van der Waals surface area (Å²) in [7, 11) is 0. The van der Waals surface area contributed by atoms with Crippen molar-refractivity contribution in [3.05, 3.63) is 41.2 Å². The molecule has 1 aliphatic heterocycles. The van der Waals surface area contributed by atoms with Gasteiger partial charge in [-0.2, -0.15) is 0 Å². The van der Waals surface area contributed by atoms with Gasteiger partial charge in [-0.1, -0.05) is 11.6 Å². The highest BCUT2D eigenvalue weighted by Gasteiger charge is 2.37. The van der Waals surface area contributed by atoms with Gasteiger partial charge in [-0.05, 0) is 68.1 Å². The van der Waals surface area contributed by atoms with Gasteiger partial charge in [-0.15, -0.1) is 10.2 Å². The van der Waals surface area contributed by atoms with E-state index in [2.05, 4.69) is 20.8 Å². The molecular weight excluding hydrogens is 315 g/mol. The summed E-state index contributed by atoms with van der Waals surface area (Å²) < 4.78 is 13.4. The van der Waals surface area contributed by atoms with E-state index in [9.17, 15) is 4.39 Å². The molecule has 6 heteroatoms. The molecule has 3 atom stereocenters. The van der Waals surface area contributed by atoms with Crippen LogP contribution in [0.2, 0.25) is 5.02 Å². The number of anilines is 1. The van der Waals surface area contributed by atoms with Crippen LogP contribution in [0.4, 0.5) is 10.2 Å². The van der Waals surface area contributed by atoms with Crippen LogP contribution < -0.4 is 10.6 Å². The van der Waals surface area contributed by atoms with Gasteiger partial charge in [0.05, 0.1) is 10.7 Å². The van der Waals surface area contributed by atoms with E-state index in [1.54, 1.807) is 0 Å². The van der Waals surface area contributed by atoms with Crippen molar-refractivity contribution in [2.24, 2.45) is 11.8 Å². The fourth-order valence-corrected chi connectivity index (χ4v) is 3.95. The van der Waals surface area contributed by atoms with Gasteiger partial charge in [-0.25, -0.2) is 4.39 Å². The van der Waals surface area contributed by atoms with Gasteiger partial charge in [0.2, 0.25) is 0 Å². The maximum Gasteiger partial charge on any atom is 0.148 e. The van der Waals surface area contributed by atoms with Crippen LogP contribution in [-0.4, -0.2) is 29.3 Å². The predicted molar refractivity (Wildman–Crippen MR) is 88.9 cm³/mol. The molecule has 1 saturated carbocycles. The first-order chi connectivity index (χ1) is 11.2. The second kappa shape index (κ2) is 6.06. The number of hydrogen-bond acceptors (Lipinski definition) is 4. The maximum absolute atomic E-state index is 13.4. The lowest BCUT2D eigenvalue weighted by Gasteiger charge is -2.14. The van der Waals surface area contributed by atoms with Crippen LogP contribution in [0.5, 0.6) is 0 Å². The molecule has 1 aromatic heterocycles. The average molecular weight is 333 g/mol. The normalized spacial score (nSPS) is 26.3. The highest BCUT2D eigenvalue weighted by molar-refractivity contribution is 6.33. The van der Waals surface area contributed by atoms with Crippen LogP contribution >= 0.6 is 11.6 Å². The van der Waals surface area contributed by atoms with Crippen molar-refractivity contribution in [1.29, 1.82) is 0 Å². The molecule has 23 heavy (non-hydrogen) atoms. The Morgan fingerprint density at radius 1 is 1.09 bits per heavy atom. The standard InChI is InChI=1S/C17H18ClFN4/c18-15-2-1-12(19)7-14(15)16-3-4-17(23-22-16)21-13-5-10-8-20-9-11(10)6-13/h1-4,7,10-11,13,20H,5-6,8-9H2,(H,21,23)/t10-,11+,13+. The number of nitrogens with zero attached hydrogens (tertiary/aromatic N) is 2. The van der Waals surface area contributed by atoms with E-state index < -0.39 is 0 Å². The van der Waals surface area contributed by atoms with Crippen LogP contribution in [0.15, 0.2) is 30.3 Å². The van der Waals surface area contributed by atoms with E-state index in [1.807, 2.05) is 12.1 Å². The van der Waals surface area contributed by atoms with Crippen molar-refractivity contribution < 1.29 is 4.39 Å². The van der Waals surface area contributed by atoms with Gasteiger partial charge in [0.1, 0.15) is 11.6 Å². The molecular formula is C17H18ClFN4. The summed E-state index contributed by atoms with van der Waals surface area (Å²) in [6, 6.07) is 8.42. The quantitative estimate of drug-likeness (QED) is 0.905. The van der Waals surface area contributed by atoms with Crippen LogP contribution in [0.3, 0.4) is 0 Å². The minimum absolute atomic E-state index is 0.334. The first-order valence-electron chi connectivity index (χ1n) is 7.95. The molecule has 0 unspecified atom stereocenters. The summed E-state index contributed by atoms with van der Waals surface area (Å²) in [4.78, 5) is 0. The fourth-order valence-electron chi connectivity index (χ4n) is 3.74. The summed E-state index contributed by atoms with van der Waals surface area (Å²) in [5, 5.41) is 15.8. The smallest absolute Gasteiger partial charge is 0.148 e. The molecule has 2 N–H and O–H groups in total. The summed E-state index contributed by atoms with van der Waals surface area (Å²) in [6.07, 6.45) is 2.35. The second-order valence-electron chi connectivity index (χ2n) is 6.42. The minimum atomic E-state index is -0.334. The lowest BCUT2D eigenvalue weighted by molar-refractivity contribution is 0.494. The van der Waals surface area contributed by atoms with Gasteiger partial charge in [0, 0.05) is 11.6 Å². The SMILES string of the molecule is Fc1ccc(Cl)c(-c2ccc(N[C@@H]3C[C@H]4CNC[C@H]4C3)nn2)c1. The molecule has 120 valence electrons. The van der Waals surface area contributed by atoms with E-state index in [1.165, 1.54) is 31.0 Å². The Labute approximate surface area is 139 Å². The number of aromatic nitrogens is 2. The van der Waals surface area contributed by atoms with Gasteiger partial charge in [-0.3, -0.25) is 0 Å². The average Bonchev–Trinajstić information content (AvgIpc) is 3.12. The molecule has 1 aliphatic carbocycles. The Morgan fingerprint density at radius 2 is 1.87 bits per heavy atom. The number of rotatable bonds is 3. The van der Waals surface area contributed by atoms with E-state index in [0.717, 1.165) is 30.7 Å². The molecule has 0 amide bonds.